The third-order valence-corrected chi connectivity index (χ3v) is 3.81. The third-order valence-electron chi connectivity index (χ3n) is 3.81. The van der Waals surface area contributed by atoms with Crippen molar-refractivity contribution in [2.75, 3.05) is 13.1 Å². The molecule has 0 atom stereocenters. The highest BCUT2D eigenvalue weighted by atomic mass is 35.5. The van der Waals surface area contributed by atoms with E-state index in [0.29, 0.717) is 11.8 Å². The molecule has 3 N–H and O–H groups in total. The van der Waals surface area contributed by atoms with Gasteiger partial charge in [-0.05, 0) is 56.9 Å². The van der Waals surface area contributed by atoms with Gasteiger partial charge >= 0.3 is 0 Å². The lowest BCUT2D eigenvalue weighted by molar-refractivity contribution is -0.122. The van der Waals surface area contributed by atoms with E-state index in [1.165, 1.54) is 25.7 Å². The summed E-state index contributed by atoms with van der Waals surface area (Å²) in [6.07, 6.45) is 7.19. The number of nitrogens with one attached hydrogen (secondary N) is 1. The molecule has 0 aromatic carbocycles. The van der Waals surface area contributed by atoms with Crippen LogP contribution in [0.3, 0.4) is 0 Å². The van der Waals surface area contributed by atoms with Crippen molar-refractivity contribution in [3.05, 3.63) is 0 Å². The van der Waals surface area contributed by atoms with Crippen molar-refractivity contribution in [1.82, 2.24) is 5.32 Å². The molecule has 0 spiro atoms. The normalized spacial score (nSPS) is 29.3. The Kier molecular flexibility index (Phi) is 5.56. The first-order valence-corrected chi connectivity index (χ1v) is 6.27. The van der Waals surface area contributed by atoms with E-state index in [0.717, 1.165) is 31.8 Å². The zero-order valence-electron chi connectivity index (χ0n) is 9.78. The summed E-state index contributed by atoms with van der Waals surface area (Å²) in [7, 11) is 0. The van der Waals surface area contributed by atoms with Crippen molar-refractivity contribution in [3.8, 4) is 0 Å². The van der Waals surface area contributed by atoms with Gasteiger partial charge in [-0.3, -0.25) is 4.79 Å². The van der Waals surface area contributed by atoms with Crippen LogP contribution in [0.1, 0.15) is 38.5 Å². The summed E-state index contributed by atoms with van der Waals surface area (Å²) in [5, 5.41) is 3.08. The van der Waals surface area contributed by atoms with Crippen molar-refractivity contribution in [2.24, 2.45) is 23.5 Å². The lowest BCUT2D eigenvalue weighted by Gasteiger charge is -2.27. The molecule has 2 saturated carbocycles. The van der Waals surface area contributed by atoms with Gasteiger partial charge in [0.1, 0.15) is 0 Å². The topological polar surface area (TPSA) is 55.1 Å². The van der Waals surface area contributed by atoms with E-state index < -0.39 is 0 Å². The molecule has 0 saturated heterocycles. The van der Waals surface area contributed by atoms with Crippen LogP contribution in [0.25, 0.3) is 0 Å². The summed E-state index contributed by atoms with van der Waals surface area (Å²) in [6, 6.07) is 0. The Balaban J connectivity index is 0.00000128. The van der Waals surface area contributed by atoms with Gasteiger partial charge in [0.25, 0.3) is 0 Å². The van der Waals surface area contributed by atoms with Crippen LogP contribution < -0.4 is 11.1 Å². The minimum Gasteiger partial charge on any atom is -0.356 e. The molecule has 0 aromatic rings. The molecule has 4 heteroatoms. The summed E-state index contributed by atoms with van der Waals surface area (Å²) < 4.78 is 0. The van der Waals surface area contributed by atoms with E-state index >= 15 is 0 Å². The van der Waals surface area contributed by atoms with Gasteiger partial charge < -0.3 is 11.1 Å². The van der Waals surface area contributed by atoms with E-state index in [4.69, 9.17) is 5.73 Å². The fraction of sp³-hybridized carbons (Fsp3) is 0.917. The first kappa shape index (κ1) is 13.8. The fourth-order valence-corrected chi connectivity index (χ4v) is 2.41. The lowest BCUT2D eigenvalue weighted by atomic mass is 9.82. The molecule has 16 heavy (non-hydrogen) atoms. The minimum absolute atomic E-state index is 0. The molecule has 2 aliphatic carbocycles. The number of carbonyl (C=O) groups is 1. The molecule has 0 unspecified atom stereocenters. The maximum atomic E-state index is 11.4. The number of rotatable bonds is 4. The molecule has 0 heterocycles. The van der Waals surface area contributed by atoms with Gasteiger partial charge in [-0.15, -0.1) is 12.4 Å². The van der Waals surface area contributed by atoms with Crippen molar-refractivity contribution in [1.29, 1.82) is 0 Å². The van der Waals surface area contributed by atoms with Crippen LogP contribution >= 0.6 is 12.4 Å². The van der Waals surface area contributed by atoms with E-state index in [1.807, 2.05) is 0 Å². The van der Waals surface area contributed by atoms with Crippen LogP contribution in [-0.2, 0) is 4.79 Å². The highest BCUT2D eigenvalue weighted by Crippen LogP contribution is 2.30. The quantitative estimate of drug-likeness (QED) is 0.793. The molecule has 2 fully saturated rings. The number of amides is 1. The molecule has 94 valence electrons. The second-order valence-electron chi connectivity index (χ2n) is 5.14. The molecule has 0 aromatic heterocycles. The van der Waals surface area contributed by atoms with Crippen LogP contribution in [-0.4, -0.2) is 19.0 Å². The molecule has 3 nitrogen and oxygen atoms in total. The number of halogens is 1. The molecule has 0 radical (unpaired) electrons. The van der Waals surface area contributed by atoms with Gasteiger partial charge in [-0.2, -0.15) is 0 Å². The van der Waals surface area contributed by atoms with Gasteiger partial charge in [-0.25, -0.2) is 0 Å². The lowest BCUT2D eigenvalue weighted by Crippen LogP contribution is -2.33. The van der Waals surface area contributed by atoms with Crippen LogP contribution in [0.15, 0.2) is 0 Å². The summed E-state index contributed by atoms with van der Waals surface area (Å²) in [4.78, 5) is 11.4. The van der Waals surface area contributed by atoms with E-state index in [2.05, 4.69) is 5.32 Å². The first-order valence-electron chi connectivity index (χ1n) is 6.27. The second-order valence-corrected chi connectivity index (χ2v) is 5.14. The Hall–Kier alpha value is -0.280. The highest BCUT2D eigenvalue weighted by molar-refractivity contribution is 5.85. The first-order chi connectivity index (χ1) is 7.29. The van der Waals surface area contributed by atoms with Gasteiger partial charge in [0.15, 0.2) is 0 Å². The minimum atomic E-state index is 0. The fourth-order valence-electron chi connectivity index (χ4n) is 2.41. The number of hydrogen-bond acceptors (Lipinski definition) is 2. The van der Waals surface area contributed by atoms with Gasteiger partial charge in [0, 0.05) is 12.5 Å². The third kappa shape index (κ3) is 3.95. The van der Waals surface area contributed by atoms with Crippen molar-refractivity contribution in [2.45, 2.75) is 38.5 Å². The van der Waals surface area contributed by atoms with Crippen molar-refractivity contribution >= 4 is 18.3 Å². The van der Waals surface area contributed by atoms with Crippen LogP contribution in [0, 0.1) is 17.8 Å². The van der Waals surface area contributed by atoms with Crippen LogP contribution in [0.2, 0.25) is 0 Å². The van der Waals surface area contributed by atoms with E-state index in [1.54, 1.807) is 0 Å². The average Bonchev–Trinajstić information content (AvgIpc) is 3.10. The SMILES string of the molecule is Cl.NCC1CCC(CNC(=O)C2CC2)CC1. The average molecular weight is 247 g/mol. The highest BCUT2D eigenvalue weighted by Gasteiger charge is 2.30. The second kappa shape index (κ2) is 6.45. The molecule has 0 bridgehead atoms. The largest absolute Gasteiger partial charge is 0.356 e. The molecule has 2 rings (SSSR count). The maximum absolute atomic E-state index is 11.4. The van der Waals surface area contributed by atoms with Crippen LogP contribution in [0.4, 0.5) is 0 Å². The zero-order chi connectivity index (χ0) is 10.7. The van der Waals surface area contributed by atoms with E-state index in [-0.39, 0.29) is 18.3 Å². The molecular formula is C12H23ClN2O. The number of hydrogen-bond donors (Lipinski definition) is 2. The van der Waals surface area contributed by atoms with E-state index in [9.17, 15) is 4.79 Å². The molecular weight excluding hydrogens is 224 g/mol. The maximum Gasteiger partial charge on any atom is 0.223 e. The molecule has 0 aliphatic heterocycles. The summed E-state index contributed by atoms with van der Waals surface area (Å²) in [5.74, 6) is 2.08. The molecule has 2 aliphatic rings. The Bertz CT molecular complexity index is 223. The molecule has 1 amide bonds. The van der Waals surface area contributed by atoms with Crippen molar-refractivity contribution in [3.63, 3.8) is 0 Å². The van der Waals surface area contributed by atoms with Gasteiger partial charge in [0.2, 0.25) is 5.91 Å². The Labute approximate surface area is 104 Å². The zero-order valence-corrected chi connectivity index (χ0v) is 10.6. The summed E-state index contributed by atoms with van der Waals surface area (Å²) in [6.45, 7) is 1.73. The van der Waals surface area contributed by atoms with Crippen LogP contribution in [0.5, 0.6) is 0 Å². The Morgan fingerprint density at radius 1 is 1.06 bits per heavy atom. The van der Waals surface area contributed by atoms with Gasteiger partial charge in [0.05, 0.1) is 0 Å². The number of nitrogens with two attached hydrogens (primary N) is 1. The Morgan fingerprint density at radius 2 is 1.62 bits per heavy atom. The number of carbonyl (C=O) groups excluding carboxylic acids is 1. The summed E-state index contributed by atoms with van der Waals surface area (Å²) >= 11 is 0. The monoisotopic (exact) mass is 246 g/mol. The standard InChI is InChI=1S/C12H22N2O.ClH/c13-7-9-1-3-10(4-2-9)8-14-12(15)11-5-6-11;/h9-11H,1-8,13H2,(H,14,15);1H. The smallest absolute Gasteiger partial charge is 0.223 e. The predicted molar refractivity (Wildman–Crippen MR) is 67.5 cm³/mol. The van der Waals surface area contributed by atoms with Gasteiger partial charge in [-0.1, -0.05) is 0 Å². The summed E-state index contributed by atoms with van der Waals surface area (Å²) in [5.41, 5.74) is 5.65. The Morgan fingerprint density at radius 3 is 2.12 bits per heavy atom. The predicted octanol–water partition coefficient (Wildman–Crippen LogP) is 1.70. The van der Waals surface area contributed by atoms with Crippen molar-refractivity contribution < 1.29 is 4.79 Å².